The molecule has 0 bridgehead atoms. The molecule has 0 aromatic carbocycles. The molecule has 6 heteroatoms. The maximum Gasteiger partial charge on any atom is 0.279 e. The van der Waals surface area contributed by atoms with Crippen molar-refractivity contribution in [3.8, 4) is 0 Å². The molecule has 5 nitrogen and oxygen atoms in total. The highest BCUT2D eigenvalue weighted by Gasteiger charge is 2.23. The zero-order valence-corrected chi connectivity index (χ0v) is 9.60. The first-order chi connectivity index (χ1) is 6.60. The molecule has 0 aliphatic carbocycles. The molecule has 1 fully saturated rings. The van der Waals surface area contributed by atoms with E-state index in [1.807, 2.05) is 6.92 Å². The summed E-state index contributed by atoms with van der Waals surface area (Å²) in [4.78, 5) is 0. The van der Waals surface area contributed by atoms with Crippen molar-refractivity contribution in [3.05, 3.63) is 0 Å². The Kier molecular flexibility index (Phi) is 4.31. The van der Waals surface area contributed by atoms with Gasteiger partial charge in [0.2, 0.25) is 0 Å². The number of hydrogen-bond acceptors (Lipinski definition) is 3. The molecule has 1 aliphatic heterocycles. The Morgan fingerprint density at radius 3 is 2.71 bits per heavy atom. The van der Waals surface area contributed by atoms with Crippen molar-refractivity contribution in [1.29, 1.82) is 0 Å². The number of hydrogen-bond donors (Lipinski definition) is 2. The van der Waals surface area contributed by atoms with E-state index in [0.717, 1.165) is 19.4 Å². The summed E-state index contributed by atoms with van der Waals surface area (Å²) in [6.07, 6.45) is 2.21. The predicted octanol–water partition coefficient (Wildman–Crippen LogP) is -0.475. The van der Waals surface area contributed by atoms with E-state index in [1.54, 1.807) is 0 Å². The van der Waals surface area contributed by atoms with Crippen molar-refractivity contribution < 1.29 is 8.42 Å². The predicted molar refractivity (Wildman–Crippen MR) is 56.3 cm³/mol. The van der Waals surface area contributed by atoms with Crippen molar-refractivity contribution in [1.82, 2.24) is 14.3 Å². The summed E-state index contributed by atoms with van der Waals surface area (Å²) in [5.41, 5.74) is 0. The highest BCUT2D eigenvalue weighted by molar-refractivity contribution is 7.87. The van der Waals surface area contributed by atoms with Crippen LogP contribution >= 0.6 is 0 Å². The van der Waals surface area contributed by atoms with E-state index >= 15 is 0 Å². The van der Waals surface area contributed by atoms with E-state index in [0.29, 0.717) is 19.1 Å². The summed E-state index contributed by atoms with van der Waals surface area (Å²) in [7, 11) is -1.81. The van der Waals surface area contributed by atoms with Crippen LogP contribution in [-0.4, -0.2) is 45.4 Å². The van der Waals surface area contributed by atoms with Gasteiger partial charge in [0.15, 0.2) is 0 Å². The fourth-order valence-electron chi connectivity index (χ4n) is 1.68. The van der Waals surface area contributed by atoms with Gasteiger partial charge in [-0.1, -0.05) is 6.92 Å². The lowest BCUT2D eigenvalue weighted by Gasteiger charge is -2.22. The molecule has 1 aliphatic rings. The third kappa shape index (κ3) is 2.91. The summed E-state index contributed by atoms with van der Waals surface area (Å²) >= 11 is 0. The van der Waals surface area contributed by atoms with Gasteiger partial charge in [-0.05, 0) is 19.4 Å². The van der Waals surface area contributed by atoms with Crippen LogP contribution in [0.5, 0.6) is 0 Å². The summed E-state index contributed by atoms with van der Waals surface area (Å²) < 4.78 is 26.8. The molecule has 0 saturated carbocycles. The molecule has 2 N–H and O–H groups in total. The van der Waals surface area contributed by atoms with Gasteiger partial charge in [0, 0.05) is 26.2 Å². The molecule has 0 aromatic heterocycles. The van der Waals surface area contributed by atoms with E-state index in [4.69, 9.17) is 0 Å². The van der Waals surface area contributed by atoms with Gasteiger partial charge in [-0.15, -0.1) is 0 Å². The summed E-state index contributed by atoms with van der Waals surface area (Å²) in [6, 6.07) is 0.318. The molecular formula is C8H19N3O2S. The monoisotopic (exact) mass is 221 g/mol. The van der Waals surface area contributed by atoms with Crippen molar-refractivity contribution in [3.63, 3.8) is 0 Å². The molecule has 1 unspecified atom stereocenters. The second-order valence-corrected chi connectivity index (χ2v) is 5.33. The smallest absolute Gasteiger partial charge is 0.279 e. The minimum atomic E-state index is -3.25. The van der Waals surface area contributed by atoms with Crippen LogP contribution in [0.1, 0.15) is 19.8 Å². The SMILES string of the molecule is CCN(CC1CCCN1)S(=O)(=O)NC. The molecular weight excluding hydrogens is 202 g/mol. The lowest BCUT2D eigenvalue weighted by atomic mass is 10.2. The molecule has 1 atom stereocenters. The second-order valence-electron chi connectivity index (χ2n) is 3.45. The van der Waals surface area contributed by atoms with Crippen LogP contribution in [0.15, 0.2) is 0 Å². The van der Waals surface area contributed by atoms with Crippen molar-refractivity contribution >= 4 is 10.2 Å². The normalized spacial score (nSPS) is 23.2. The molecule has 0 radical (unpaired) electrons. The van der Waals surface area contributed by atoms with Crippen molar-refractivity contribution in [2.75, 3.05) is 26.7 Å². The molecule has 1 saturated heterocycles. The molecule has 84 valence electrons. The first-order valence-electron chi connectivity index (χ1n) is 5.02. The fourth-order valence-corrected chi connectivity index (χ4v) is 2.66. The minimum absolute atomic E-state index is 0.318. The van der Waals surface area contributed by atoms with Gasteiger partial charge < -0.3 is 5.32 Å². The van der Waals surface area contributed by atoms with Crippen LogP contribution in [0.4, 0.5) is 0 Å². The first kappa shape index (κ1) is 11.9. The lowest BCUT2D eigenvalue weighted by Crippen LogP contribution is -2.45. The highest BCUT2D eigenvalue weighted by atomic mass is 32.2. The van der Waals surface area contributed by atoms with Crippen LogP contribution in [0.25, 0.3) is 0 Å². The zero-order valence-electron chi connectivity index (χ0n) is 8.78. The maximum absolute atomic E-state index is 11.5. The molecule has 1 heterocycles. The summed E-state index contributed by atoms with van der Waals surface area (Å²) in [5, 5.41) is 3.28. The number of nitrogens with zero attached hydrogens (tertiary/aromatic N) is 1. The van der Waals surface area contributed by atoms with Gasteiger partial charge in [-0.3, -0.25) is 0 Å². The Labute approximate surface area is 86.0 Å². The second kappa shape index (κ2) is 5.06. The van der Waals surface area contributed by atoms with Crippen LogP contribution in [0.3, 0.4) is 0 Å². The Morgan fingerprint density at radius 2 is 2.29 bits per heavy atom. The van der Waals surface area contributed by atoms with E-state index in [2.05, 4.69) is 10.0 Å². The largest absolute Gasteiger partial charge is 0.313 e. The molecule has 1 rings (SSSR count). The fraction of sp³-hybridized carbons (Fsp3) is 1.00. The lowest BCUT2D eigenvalue weighted by molar-refractivity contribution is 0.379. The topological polar surface area (TPSA) is 61.4 Å². The number of nitrogens with one attached hydrogen (secondary N) is 2. The van der Waals surface area contributed by atoms with Crippen LogP contribution in [0, 0.1) is 0 Å². The van der Waals surface area contributed by atoms with Crippen LogP contribution in [0.2, 0.25) is 0 Å². The highest BCUT2D eigenvalue weighted by Crippen LogP contribution is 2.08. The first-order valence-corrected chi connectivity index (χ1v) is 6.46. The number of likely N-dealkylation sites (N-methyl/N-ethyl adjacent to an activating group) is 1. The van der Waals surface area contributed by atoms with Gasteiger partial charge in [-0.2, -0.15) is 12.7 Å². The van der Waals surface area contributed by atoms with Crippen molar-refractivity contribution in [2.24, 2.45) is 0 Å². The third-order valence-corrected chi connectivity index (χ3v) is 4.14. The minimum Gasteiger partial charge on any atom is -0.313 e. The van der Waals surface area contributed by atoms with E-state index in [-0.39, 0.29) is 0 Å². The average molecular weight is 221 g/mol. The number of rotatable bonds is 5. The van der Waals surface area contributed by atoms with Gasteiger partial charge in [0.1, 0.15) is 0 Å². The molecule has 0 amide bonds. The molecule has 0 aromatic rings. The van der Waals surface area contributed by atoms with Crippen LogP contribution in [-0.2, 0) is 10.2 Å². The Bertz CT molecular complexity index is 260. The molecule has 14 heavy (non-hydrogen) atoms. The Balaban J connectivity index is 2.54. The Hall–Kier alpha value is -0.170. The van der Waals surface area contributed by atoms with E-state index in [1.165, 1.54) is 11.4 Å². The van der Waals surface area contributed by atoms with Crippen LogP contribution < -0.4 is 10.0 Å². The van der Waals surface area contributed by atoms with Crippen molar-refractivity contribution in [2.45, 2.75) is 25.8 Å². The van der Waals surface area contributed by atoms with Gasteiger partial charge in [0.05, 0.1) is 0 Å². The zero-order chi connectivity index (χ0) is 10.6. The van der Waals surface area contributed by atoms with Gasteiger partial charge in [-0.25, -0.2) is 4.72 Å². The van der Waals surface area contributed by atoms with E-state index in [9.17, 15) is 8.42 Å². The van der Waals surface area contributed by atoms with Gasteiger partial charge >= 0.3 is 0 Å². The maximum atomic E-state index is 11.5. The van der Waals surface area contributed by atoms with Gasteiger partial charge in [0.25, 0.3) is 10.2 Å². The Morgan fingerprint density at radius 1 is 1.57 bits per heavy atom. The summed E-state index contributed by atoms with van der Waals surface area (Å²) in [6.45, 7) is 3.94. The molecule has 0 spiro atoms. The average Bonchev–Trinajstić information content (AvgIpc) is 2.66. The summed E-state index contributed by atoms with van der Waals surface area (Å²) in [5.74, 6) is 0. The quantitative estimate of drug-likeness (QED) is 0.659. The van der Waals surface area contributed by atoms with E-state index < -0.39 is 10.2 Å². The third-order valence-electron chi connectivity index (χ3n) is 2.54. The standard InChI is InChI=1S/C8H19N3O2S/c1-3-11(14(12,13)9-2)7-8-5-4-6-10-8/h8-10H,3-7H2,1-2H3.